The summed E-state index contributed by atoms with van der Waals surface area (Å²) in [6, 6.07) is 10.1. The Bertz CT molecular complexity index is 1200. The van der Waals surface area contributed by atoms with Crippen molar-refractivity contribution in [2.24, 2.45) is 4.99 Å². The number of rotatable bonds is 6. The van der Waals surface area contributed by atoms with Gasteiger partial charge in [0.2, 0.25) is 0 Å². The van der Waals surface area contributed by atoms with Crippen molar-refractivity contribution < 1.29 is 0 Å². The van der Waals surface area contributed by atoms with Crippen LogP contribution in [0.4, 0.5) is 17.1 Å². The quantitative estimate of drug-likeness (QED) is 0.217. The summed E-state index contributed by atoms with van der Waals surface area (Å²) in [5, 5.41) is 1.22. The first-order valence-electron chi connectivity index (χ1n) is 12.6. The van der Waals surface area contributed by atoms with Crippen LogP contribution < -0.4 is 15.2 Å². The highest BCUT2D eigenvalue weighted by molar-refractivity contribution is 14.2. The molecule has 2 atom stereocenters. The van der Waals surface area contributed by atoms with Crippen LogP contribution in [0.3, 0.4) is 0 Å². The molecule has 0 bridgehead atoms. The summed E-state index contributed by atoms with van der Waals surface area (Å²) in [6.45, 7) is 13.4. The first-order chi connectivity index (χ1) is 16.4. The lowest BCUT2D eigenvalue weighted by atomic mass is 10.1. The van der Waals surface area contributed by atoms with Gasteiger partial charge in [-0.3, -0.25) is 4.90 Å². The molecule has 6 heteroatoms. The number of benzene rings is 2. The minimum absolute atomic E-state index is 0.0234. The molecule has 4 rings (SSSR count). The van der Waals surface area contributed by atoms with Gasteiger partial charge in [-0.2, -0.15) is 0 Å². The van der Waals surface area contributed by atoms with E-state index in [-0.39, 0.29) is 7.66 Å². The second kappa shape index (κ2) is 11.1. The van der Waals surface area contributed by atoms with Gasteiger partial charge < -0.3 is 9.80 Å². The summed E-state index contributed by atoms with van der Waals surface area (Å²) in [5.74, 6) is 0. The zero-order chi connectivity index (χ0) is 24.4. The van der Waals surface area contributed by atoms with Crippen LogP contribution in [0.1, 0.15) is 45.2 Å². The van der Waals surface area contributed by atoms with Crippen molar-refractivity contribution in [1.29, 1.82) is 0 Å². The lowest BCUT2D eigenvalue weighted by Crippen LogP contribution is -2.35. The summed E-state index contributed by atoms with van der Waals surface area (Å²) in [6.07, 6.45) is 7.72. The summed E-state index contributed by atoms with van der Waals surface area (Å²) in [7, 11) is 4.24. The van der Waals surface area contributed by atoms with Gasteiger partial charge in [0.15, 0.2) is 0 Å². The van der Waals surface area contributed by atoms with E-state index in [1.807, 2.05) is 0 Å². The largest absolute Gasteiger partial charge is 0.378 e. The third kappa shape index (κ3) is 5.09. The molecule has 0 amide bonds. The summed E-state index contributed by atoms with van der Waals surface area (Å²) in [5.41, 5.74) is 6.61. The minimum Gasteiger partial charge on any atom is -0.378 e. The highest BCUT2D eigenvalue weighted by Crippen LogP contribution is 2.48. The van der Waals surface area contributed by atoms with Crippen LogP contribution >= 0.6 is 28.9 Å². The van der Waals surface area contributed by atoms with Crippen molar-refractivity contribution in [3.05, 3.63) is 57.4 Å². The van der Waals surface area contributed by atoms with Crippen LogP contribution in [0.2, 0.25) is 0 Å². The molecule has 184 valence electrons. The van der Waals surface area contributed by atoms with Gasteiger partial charge in [0.1, 0.15) is 0 Å². The average Bonchev–Trinajstić information content (AvgIpc) is 3.10. The Morgan fingerprint density at radius 2 is 1.82 bits per heavy atom. The van der Waals surface area contributed by atoms with E-state index in [1.54, 1.807) is 0 Å². The Morgan fingerprint density at radius 1 is 1.06 bits per heavy atom. The maximum absolute atomic E-state index is 5.31. The number of fused-ring (bicyclic) bond motifs is 2. The summed E-state index contributed by atoms with van der Waals surface area (Å²) < 4.78 is 1.41. The van der Waals surface area contributed by atoms with E-state index in [0.29, 0.717) is 6.04 Å². The standard InChI is InChI=1S/C28H39IN4S/c1-7-11-20(4)32-12-10-13-33(15-14-32)24-17-22(9-3)28-26(19-24)34(29)25-18-23(31(5)6)16-21(8-2)27(25)30-28/h7,11,16-20H,8-10,12-15H2,1-6H3. The molecule has 0 N–H and O–H groups in total. The smallest absolute Gasteiger partial charge is 0.0809 e. The number of nitrogens with zero attached hydrogens (tertiary/aromatic N) is 4. The monoisotopic (exact) mass is 590 g/mol. The van der Waals surface area contributed by atoms with E-state index >= 15 is 0 Å². The van der Waals surface area contributed by atoms with Crippen molar-refractivity contribution in [2.75, 3.05) is 50.1 Å². The molecule has 2 aliphatic heterocycles. The molecule has 34 heavy (non-hydrogen) atoms. The van der Waals surface area contributed by atoms with Crippen LogP contribution in [-0.4, -0.2) is 51.2 Å². The molecule has 2 aliphatic rings. The second-order valence-electron chi connectivity index (χ2n) is 9.52. The van der Waals surface area contributed by atoms with Gasteiger partial charge in [-0.1, -0.05) is 33.7 Å². The van der Waals surface area contributed by atoms with Crippen LogP contribution in [0.25, 0.3) is 0 Å². The Morgan fingerprint density at radius 3 is 2.50 bits per heavy atom. The van der Waals surface area contributed by atoms with Gasteiger partial charge in [-0.25, -0.2) is 4.99 Å². The fourth-order valence-electron chi connectivity index (χ4n) is 5.04. The molecule has 4 nitrogen and oxygen atoms in total. The van der Waals surface area contributed by atoms with Gasteiger partial charge in [0.05, 0.1) is 11.0 Å². The van der Waals surface area contributed by atoms with E-state index in [9.17, 15) is 0 Å². The van der Waals surface area contributed by atoms with Crippen molar-refractivity contribution in [3.63, 3.8) is 0 Å². The number of hydrogen-bond acceptors (Lipinski definition) is 4. The Labute approximate surface area is 220 Å². The molecule has 1 fully saturated rings. The molecule has 1 saturated heterocycles. The first-order valence-corrected chi connectivity index (χ1v) is 16.4. The van der Waals surface area contributed by atoms with E-state index < -0.39 is 0 Å². The van der Waals surface area contributed by atoms with E-state index in [2.05, 4.69) is 114 Å². The van der Waals surface area contributed by atoms with E-state index in [0.717, 1.165) is 32.5 Å². The number of anilines is 2. The maximum Gasteiger partial charge on any atom is 0.0809 e. The molecular weight excluding hydrogens is 551 g/mol. The predicted molar refractivity (Wildman–Crippen MR) is 158 cm³/mol. The molecule has 0 aromatic heterocycles. The lowest BCUT2D eigenvalue weighted by Gasteiger charge is -2.27. The highest BCUT2D eigenvalue weighted by atomic mass is 127. The molecule has 2 aromatic carbocycles. The predicted octanol–water partition coefficient (Wildman–Crippen LogP) is 6.55. The van der Waals surface area contributed by atoms with Crippen molar-refractivity contribution >= 4 is 45.9 Å². The Hall–Kier alpha value is -1.38. The number of aryl methyl sites for hydroxylation is 2. The topological polar surface area (TPSA) is 22.1 Å². The van der Waals surface area contributed by atoms with Gasteiger partial charge in [-0.15, -0.1) is 0 Å². The SMILES string of the molecule is CC=CC(C)N1CCCN(c2cc(CC)c3c(c2)=S(I)c2cc(N(C)C)cc(CC)c2N=3)CC1. The molecule has 0 aliphatic carbocycles. The minimum atomic E-state index is -0.0234. The van der Waals surface area contributed by atoms with Crippen LogP contribution in [0, 0.1) is 4.51 Å². The van der Waals surface area contributed by atoms with Gasteiger partial charge >= 0.3 is 0 Å². The van der Waals surface area contributed by atoms with Crippen LogP contribution in [0.5, 0.6) is 0 Å². The van der Waals surface area contributed by atoms with Gasteiger partial charge in [0, 0.05) is 67.1 Å². The third-order valence-electron chi connectivity index (χ3n) is 7.11. The highest BCUT2D eigenvalue weighted by Gasteiger charge is 2.21. The normalized spacial score (nSPS) is 19.4. The summed E-state index contributed by atoms with van der Waals surface area (Å²) in [4.78, 5) is 14.1. The molecule has 0 radical (unpaired) electrons. The number of hydrogen-bond donors (Lipinski definition) is 0. The Balaban J connectivity index is 1.78. The van der Waals surface area contributed by atoms with Crippen molar-refractivity contribution in [3.8, 4) is 0 Å². The fraction of sp³-hybridized carbons (Fsp3) is 0.500. The summed E-state index contributed by atoms with van der Waals surface area (Å²) >= 11 is 2.68. The van der Waals surface area contributed by atoms with Crippen LogP contribution in [0.15, 0.2) is 46.3 Å². The van der Waals surface area contributed by atoms with E-state index in [4.69, 9.17) is 4.99 Å². The Kier molecular flexibility index (Phi) is 8.41. The average molecular weight is 591 g/mol. The first kappa shape index (κ1) is 25.7. The fourth-order valence-corrected chi connectivity index (χ4v) is 8.43. The third-order valence-corrected chi connectivity index (χ3v) is 11.3. The van der Waals surface area contributed by atoms with Crippen LogP contribution in [-0.2, 0) is 12.8 Å². The van der Waals surface area contributed by atoms with Crippen molar-refractivity contribution in [1.82, 2.24) is 4.90 Å². The van der Waals surface area contributed by atoms with Gasteiger partial charge in [0.25, 0.3) is 0 Å². The maximum atomic E-state index is 5.31. The van der Waals surface area contributed by atoms with Crippen molar-refractivity contribution in [2.45, 2.75) is 57.9 Å². The molecular formula is C28H39IN4S. The van der Waals surface area contributed by atoms with Gasteiger partial charge in [-0.05, 0) is 89.7 Å². The lowest BCUT2D eigenvalue weighted by molar-refractivity contribution is 0.259. The molecule has 2 heterocycles. The molecule has 0 saturated carbocycles. The zero-order valence-electron chi connectivity index (χ0n) is 21.6. The zero-order valence-corrected chi connectivity index (χ0v) is 24.5. The van der Waals surface area contributed by atoms with E-state index in [1.165, 1.54) is 55.9 Å². The number of halogens is 1. The molecule has 2 aromatic rings. The molecule has 2 unspecified atom stereocenters. The number of allylic oxidation sites excluding steroid dienone is 1. The second-order valence-corrected chi connectivity index (χ2v) is 13.6. The molecule has 0 spiro atoms.